The molecule has 0 aromatic carbocycles. The van der Waals surface area contributed by atoms with Crippen molar-refractivity contribution in [3.8, 4) is 0 Å². The number of hydrogen-bond acceptors (Lipinski definition) is 6. The molecule has 4 aliphatic heterocycles. The molecule has 228 valence electrons. The van der Waals surface area contributed by atoms with Gasteiger partial charge >= 0.3 is 6.18 Å². The molecule has 2 saturated carbocycles. The summed E-state index contributed by atoms with van der Waals surface area (Å²) in [6.07, 6.45) is 0.348. The number of nitrogens with one attached hydrogen (secondary N) is 2. The number of likely N-dealkylation sites (tertiary alicyclic amines) is 2. The first kappa shape index (κ1) is 29.0. The summed E-state index contributed by atoms with van der Waals surface area (Å²) in [6.45, 7) is 3.84. The predicted molar refractivity (Wildman–Crippen MR) is 138 cm³/mol. The average molecular weight is 578 g/mol. The van der Waals surface area contributed by atoms with Crippen molar-refractivity contribution >= 4 is 5.91 Å². The Labute approximate surface area is 233 Å². The Hall–Kier alpha value is -1.08. The van der Waals surface area contributed by atoms with E-state index in [0.29, 0.717) is 25.6 Å². The minimum Gasteiger partial charge on any atom is -0.380 e. The maximum Gasteiger partial charge on any atom is 0.392 e. The molecule has 0 radical (unpaired) electrons. The van der Waals surface area contributed by atoms with Gasteiger partial charge in [-0.3, -0.25) is 14.6 Å². The zero-order chi connectivity index (χ0) is 28.4. The number of alkyl halides is 5. The maximum atomic E-state index is 14.4. The van der Waals surface area contributed by atoms with Gasteiger partial charge in [-0.25, -0.2) is 19.6 Å². The number of nitrogens with zero attached hydrogens (tertiary/aromatic N) is 3. The van der Waals surface area contributed by atoms with E-state index in [9.17, 15) is 26.7 Å². The number of carbonyl (C=O) groups is 1. The Bertz CT molecular complexity index is 949. The molecule has 6 aliphatic rings. The van der Waals surface area contributed by atoms with Crippen molar-refractivity contribution in [2.75, 3.05) is 46.6 Å². The van der Waals surface area contributed by atoms with Gasteiger partial charge in [0.2, 0.25) is 5.91 Å². The van der Waals surface area contributed by atoms with E-state index < -0.39 is 48.4 Å². The molecule has 0 aromatic heterocycles. The summed E-state index contributed by atoms with van der Waals surface area (Å²) in [5.74, 6) is -6.01. The van der Waals surface area contributed by atoms with Gasteiger partial charge in [0.05, 0.1) is 38.5 Å². The lowest BCUT2D eigenvalue weighted by atomic mass is 9.64. The molecule has 12 heteroatoms. The monoisotopic (exact) mass is 577 g/mol. The summed E-state index contributed by atoms with van der Waals surface area (Å²) >= 11 is 0. The second-order valence-corrected chi connectivity index (χ2v) is 13.8. The second-order valence-electron chi connectivity index (χ2n) is 13.8. The summed E-state index contributed by atoms with van der Waals surface area (Å²) in [5, 5.41) is 0. The van der Waals surface area contributed by atoms with E-state index >= 15 is 0 Å². The fourth-order valence-electron chi connectivity index (χ4n) is 8.94. The van der Waals surface area contributed by atoms with E-state index in [1.165, 1.54) is 0 Å². The van der Waals surface area contributed by atoms with Gasteiger partial charge in [-0.2, -0.15) is 13.2 Å². The first-order chi connectivity index (χ1) is 18.9. The number of carbonyl (C=O) groups excluding carboxylic acids is 1. The minimum absolute atomic E-state index is 0.0129. The van der Waals surface area contributed by atoms with Crippen LogP contribution in [0.3, 0.4) is 0 Å². The van der Waals surface area contributed by atoms with Crippen LogP contribution in [0.15, 0.2) is 0 Å². The predicted octanol–water partition coefficient (Wildman–Crippen LogP) is 3.67. The molecule has 4 heterocycles. The Kier molecular flexibility index (Phi) is 7.67. The van der Waals surface area contributed by atoms with E-state index in [4.69, 9.17) is 4.74 Å². The zero-order valence-electron chi connectivity index (χ0n) is 23.6. The standard InChI is InChI=1S/C28H44F5N5O2/c1-17(37-7-6-27(29,30)13-37)18-8-21-22(23(9-18)28(31,32)33)12-38(25(21)39)20-5-3-4-19(10-20)26(14-40-15-26)11-24-35-34-16-36(24)2/h17-24,34-35H,3-16H2,1-2H3/t17-,18?,19?,20?,21?,22?,23?,24?/m0/s1. The number of hydrazine groups is 1. The molecule has 7 unspecified atom stereocenters. The molecule has 1 amide bonds. The van der Waals surface area contributed by atoms with Crippen molar-refractivity contribution in [2.24, 2.45) is 35.0 Å². The maximum absolute atomic E-state index is 14.4. The van der Waals surface area contributed by atoms with E-state index in [-0.39, 0.29) is 49.5 Å². The van der Waals surface area contributed by atoms with Crippen LogP contribution in [0.2, 0.25) is 0 Å². The van der Waals surface area contributed by atoms with E-state index in [0.717, 1.165) is 38.8 Å². The number of fused-ring (bicyclic) bond motifs is 1. The van der Waals surface area contributed by atoms with Crippen molar-refractivity contribution in [2.45, 2.75) is 88.6 Å². The molecule has 40 heavy (non-hydrogen) atoms. The number of hydrogen-bond donors (Lipinski definition) is 2. The third kappa shape index (κ3) is 5.29. The summed E-state index contributed by atoms with van der Waals surface area (Å²) in [6, 6.07) is -0.459. The summed E-state index contributed by atoms with van der Waals surface area (Å²) in [7, 11) is 2.07. The molecule has 0 aromatic rings. The molecule has 8 atom stereocenters. The number of amides is 1. The van der Waals surface area contributed by atoms with Crippen LogP contribution in [0.4, 0.5) is 22.0 Å². The number of halogens is 5. The normalized spacial score (nSPS) is 41.2. The smallest absolute Gasteiger partial charge is 0.380 e. The first-order valence-corrected chi connectivity index (χ1v) is 15.1. The molecule has 6 fully saturated rings. The third-order valence-corrected chi connectivity index (χ3v) is 11.5. The number of rotatable bonds is 6. The van der Waals surface area contributed by atoms with Gasteiger partial charge < -0.3 is 9.64 Å². The first-order valence-electron chi connectivity index (χ1n) is 15.1. The van der Waals surface area contributed by atoms with Crippen molar-refractivity contribution < 1.29 is 31.5 Å². The summed E-state index contributed by atoms with van der Waals surface area (Å²) < 4.78 is 76.8. The Morgan fingerprint density at radius 1 is 1.15 bits per heavy atom. The summed E-state index contributed by atoms with van der Waals surface area (Å²) in [5.41, 5.74) is 6.53. The van der Waals surface area contributed by atoms with Gasteiger partial charge in [-0.15, -0.1) is 0 Å². The lowest BCUT2D eigenvalue weighted by Gasteiger charge is -2.52. The van der Waals surface area contributed by atoms with Gasteiger partial charge in [0, 0.05) is 42.9 Å². The highest BCUT2D eigenvalue weighted by molar-refractivity contribution is 5.82. The van der Waals surface area contributed by atoms with Gasteiger partial charge in [-0.1, -0.05) is 6.42 Å². The topological polar surface area (TPSA) is 60.1 Å². The summed E-state index contributed by atoms with van der Waals surface area (Å²) in [4.78, 5) is 19.5. The van der Waals surface area contributed by atoms with Crippen molar-refractivity contribution in [1.82, 2.24) is 25.6 Å². The van der Waals surface area contributed by atoms with Gasteiger partial charge in [0.1, 0.15) is 0 Å². The largest absolute Gasteiger partial charge is 0.392 e. The lowest BCUT2D eigenvalue weighted by Crippen LogP contribution is -2.56. The second kappa shape index (κ2) is 10.6. The van der Waals surface area contributed by atoms with E-state index in [1.807, 2.05) is 0 Å². The van der Waals surface area contributed by atoms with Crippen LogP contribution in [-0.4, -0.2) is 97.5 Å². The van der Waals surface area contributed by atoms with Crippen molar-refractivity contribution in [3.05, 3.63) is 0 Å². The molecule has 2 aliphatic carbocycles. The number of ether oxygens (including phenoxy) is 1. The van der Waals surface area contributed by atoms with Crippen LogP contribution in [-0.2, 0) is 9.53 Å². The van der Waals surface area contributed by atoms with Crippen LogP contribution in [0, 0.1) is 35.0 Å². The Morgan fingerprint density at radius 3 is 2.52 bits per heavy atom. The Balaban J connectivity index is 1.16. The van der Waals surface area contributed by atoms with Crippen LogP contribution >= 0.6 is 0 Å². The third-order valence-electron chi connectivity index (χ3n) is 11.5. The molecule has 0 bridgehead atoms. The molecule has 0 spiro atoms. The molecular formula is C28H44F5N5O2. The quantitative estimate of drug-likeness (QED) is 0.470. The Morgan fingerprint density at radius 2 is 1.93 bits per heavy atom. The van der Waals surface area contributed by atoms with Gasteiger partial charge in [0.15, 0.2) is 0 Å². The van der Waals surface area contributed by atoms with Crippen molar-refractivity contribution in [3.63, 3.8) is 0 Å². The van der Waals surface area contributed by atoms with Crippen molar-refractivity contribution in [1.29, 1.82) is 0 Å². The SMILES string of the molecule is C[C@@H](C1CC2C(=O)N(C3CCCC(C4(CC5NNCN5C)COC4)C3)CC2C(C(F)(F)F)C1)N1CCC(F)(F)C1. The molecule has 4 saturated heterocycles. The van der Waals surface area contributed by atoms with Crippen LogP contribution < -0.4 is 10.9 Å². The van der Waals surface area contributed by atoms with E-state index in [2.05, 4.69) is 22.8 Å². The van der Waals surface area contributed by atoms with Crippen LogP contribution in [0.25, 0.3) is 0 Å². The minimum atomic E-state index is -4.41. The molecular weight excluding hydrogens is 533 g/mol. The lowest BCUT2D eigenvalue weighted by molar-refractivity contribution is -0.205. The fraction of sp³-hybridized carbons (Fsp3) is 0.964. The van der Waals surface area contributed by atoms with Crippen LogP contribution in [0.1, 0.15) is 58.3 Å². The average Bonchev–Trinajstić information content (AvgIpc) is 3.56. The highest BCUT2D eigenvalue weighted by atomic mass is 19.4. The molecule has 7 nitrogen and oxygen atoms in total. The van der Waals surface area contributed by atoms with Crippen LogP contribution in [0.5, 0.6) is 0 Å². The highest BCUT2D eigenvalue weighted by Crippen LogP contribution is 2.53. The highest BCUT2D eigenvalue weighted by Gasteiger charge is 2.59. The molecule has 2 N–H and O–H groups in total. The zero-order valence-corrected chi connectivity index (χ0v) is 23.6. The van der Waals surface area contributed by atoms with Gasteiger partial charge in [0.25, 0.3) is 5.92 Å². The molecule has 6 rings (SSSR count). The van der Waals surface area contributed by atoms with E-state index in [1.54, 1.807) is 16.7 Å². The fourth-order valence-corrected chi connectivity index (χ4v) is 8.94. The van der Waals surface area contributed by atoms with Gasteiger partial charge in [-0.05, 0) is 70.3 Å².